The summed E-state index contributed by atoms with van der Waals surface area (Å²) in [6, 6.07) is 15.3. The lowest BCUT2D eigenvalue weighted by Gasteiger charge is -2.29. The summed E-state index contributed by atoms with van der Waals surface area (Å²) in [5, 5.41) is 11.8. The number of ether oxygens (including phenoxy) is 2. The largest absolute Gasteiger partial charge is 0.508 e. The number of amides is 1. The number of aromatic hydroxyl groups is 1. The Morgan fingerprint density at radius 1 is 1.00 bits per heavy atom. The van der Waals surface area contributed by atoms with Gasteiger partial charge in [0.05, 0.1) is 30.2 Å². The van der Waals surface area contributed by atoms with Gasteiger partial charge in [0.1, 0.15) is 23.9 Å². The molecule has 1 fully saturated rings. The predicted octanol–water partition coefficient (Wildman–Crippen LogP) is 7.21. The number of hydrogen-bond acceptors (Lipinski definition) is 6. The molecule has 0 unspecified atom stereocenters. The number of carbonyl (C=O) groups excluding carboxylic acids is 1. The standard InChI is InChI=1S/C33H42N4O4S/c1-33(2,3)41-32(39)36-15-7-8-29(36)31-35-21-30(37(31)22-40-16-17-42(4,5)6)26-12-14-28(34-20-26)25-10-9-24-19-27(38)13-11-23(24)18-25/h9-14,18-21,29,38H,7-8,15-17,22H2,1-6H3/t29-/m0/s1. The van der Waals surface area contributed by atoms with Crippen LogP contribution in [0, 0.1) is 0 Å². The molecule has 2 aromatic carbocycles. The summed E-state index contributed by atoms with van der Waals surface area (Å²) in [4.78, 5) is 24.5. The van der Waals surface area contributed by atoms with Crippen molar-refractivity contribution >= 4 is 26.9 Å². The number of benzene rings is 2. The van der Waals surface area contributed by atoms with Crippen molar-refractivity contribution in [2.24, 2.45) is 0 Å². The number of phenolic OH excluding ortho intramolecular Hbond substituents is 1. The number of rotatable bonds is 8. The lowest BCUT2D eigenvalue weighted by atomic mass is 10.0. The highest BCUT2D eigenvalue weighted by atomic mass is 32.3. The molecule has 1 aliphatic heterocycles. The van der Waals surface area contributed by atoms with Gasteiger partial charge in [-0.25, -0.2) is 19.8 Å². The molecule has 4 aromatic rings. The van der Waals surface area contributed by atoms with Crippen LogP contribution in [0.15, 0.2) is 60.9 Å². The van der Waals surface area contributed by atoms with E-state index in [1.807, 2.05) is 57.4 Å². The van der Waals surface area contributed by atoms with E-state index >= 15 is 0 Å². The van der Waals surface area contributed by atoms with Crippen LogP contribution in [0.2, 0.25) is 0 Å². The fourth-order valence-electron chi connectivity index (χ4n) is 5.17. The molecule has 1 aliphatic rings. The molecule has 5 rings (SSSR count). The van der Waals surface area contributed by atoms with E-state index in [1.165, 1.54) is 0 Å². The maximum Gasteiger partial charge on any atom is 0.410 e. The Bertz CT molecular complexity index is 1550. The molecule has 0 aliphatic carbocycles. The quantitative estimate of drug-likeness (QED) is 0.218. The minimum Gasteiger partial charge on any atom is -0.508 e. The number of hydrogen-bond donors (Lipinski definition) is 1. The minimum absolute atomic E-state index is 0.185. The third kappa shape index (κ3) is 7.07. The molecule has 1 atom stereocenters. The Kier molecular flexibility index (Phi) is 8.53. The third-order valence-corrected chi connectivity index (χ3v) is 8.70. The molecule has 0 radical (unpaired) electrons. The molecule has 0 bridgehead atoms. The van der Waals surface area contributed by atoms with Gasteiger partial charge in [-0.05, 0) is 93.5 Å². The van der Waals surface area contributed by atoms with Gasteiger partial charge in [0.2, 0.25) is 0 Å². The van der Waals surface area contributed by atoms with Crippen LogP contribution < -0.4 is 0 Å². The smallest absolute Gasteiger partial charge is 0.410 e. The molecule has 2 aromatic heterocycles. The van der Waals surface area contributed by atoms with Crippen molar-refractivity contribution < 1.29 is 19.4 Å². The summed E-state index contributed by atoms with van der Waals surface area (Å²) in [6.45, 7) is 7.31. The first-order valence-electron chi connectivity index (χ1n) is 14.4. The molecule has 0 saturated carbocycles. The zero-order chi connectivity index (χ0) is 30.1. The highest BCUT2D eigenvalue weighted by Crippen LogP contribution is 2.36. The zero-order valence-electron chi connectivity index (χ0n) is 25.5. The molecule has 8 nitrogen and oxygen atoms in total. The number of nitrogens with zero attached hydrogens (tertiary/aromatic N) is 4. The molecule has 1 amide bonds. The van der Waals surface area contributed by atoms with Crippen molar-refractivity contribution in [1.82, 2.24) is 19.4 Å². The summed E-state index contributed by atoms with van der Waals surface area (Å²) in [6.07, 6.45) is 12.0. The maximum atomic E-state index is 13.1. The Morgan fingerprint density at radius 2 is 1.74 bits per heavy atom. The molecule has 3 heterocycles. The van der Waals surface area contributed by atoms with Crippen LogP contribution in [0.4, 0.5) is 4.79 Å². The highest BCUT2D eigenvalue weighted by molar-refractivity contribution is 8.32. The zero-order valence-corrected chi connectivity index (χ0v) is 26.3. The fraction of sp³-hybridized carbons (Fsp3) is 0.424. The van der Waals surface area contributed by atoms with Crippen LogP contribution in [0.5, 0.6) is 5.75 Å². The maximum absolute atomic E-state index is 13.1. The normalized spacial score (nSPS) is 16.2. The van der Waals surface area contributed by atoms with Crippen LogP contribution in [-0.4, -0.2) is 73.9 Å². The minimum atomic E-state index is -0.679. The number of imidazole rings is 1. The monoisotopic (exact) mass is 590 g/mol. The number of carbonyl (C=O) groups is 1. The van der Waals surface area contributed by atoms with Crippen LogP contribution >= 0.6 is 10.0 Å². The Morgan fingerprint density at radius 3 is 2.45 bits per heavy atom. The topological polar surface area (TPSA) is 89.7 Å². The van der Waals surface area contributed by atoms with Gasteiger partial charge < -0.3 is 19.1 Å². The predicted molar refractivity (Wildman–Crippen MR) is 171 cm³/mol. The van der Waals surface area contributed by atoms with Gasteiger partial charge in [0.25, 0.3) is 0 Å². The van der Waals surface area contributed by atoms with Crippen molar-refractivity contribution in [2.45, 2.75) is 52.0 Å². The summed E-state index contributed by atoms with van der Waals surface area (Å²) >= 11 is 0. The van der Waals surface area contributed by atoms with Crippen molar-refractivity contribution in [3.8, 4) is 28.3 Å². The second-order valence-electron chi connectivity index (χ2n) is 12.8. The summed E-state index contributed by atoms with van der Waals surface area (Å²) in [5.74, 6) is 2.07. The number of fused-ring (bicyclic) bond motifs is 1. The van der Waals surface area contributed by atoms with Crippen LogP contribution in [0.25, 0.3) is 33.3 Å². The molecular formula is C33H42N4O4S. The lowest BCUT2D eigenvalue weighted by molar-refractivity contribution is 0.0205. The van der Waals surface area contributed by atoms with Gasteiger partial charge in [-0.3, -0.25) is 9.88 Å². The van der Waals surface area contributed by atoms with E-state index in [2.05, 4.69) is 35.5 Å². The Balaban J connectivity index is 1.44. The van der Waals surface area contributed by atoms with Crippen LogP contribution in [0.3, 0.4) is 0 Å². The lowest BCUT2D eigenvalue weighted by Crippen LogP contribution is -2.37. The first-order chi connectivity index (χ1) is 19.9. The van der Waals surface area contributed by atoms with E-state index in [-0.39, 0.29) is 17.9 Å². The highest BCUT2D eigenvalue weighted by Gasteiger charge is 2.36. The van der Waals surface area contributed by atoms with Crippen molar-refractivity contribution in [3.05, 3.63) is 66.7 Å². The molecule has 42 heavy (non-hydrogen) atoms. The van der Waals surface area contributed by atoms with Crippen molar-refractivity contribution in [2.75, 3.05) is 37.7 Å². The summed E-state index contributed by atoms with van der Waals surface area (Å²) in [5.41, 5.74) is 3.12. The molecule has 0 spiro atoms. The van der Waals surface area contributed by atoms with E-state index in [4.69, 9.17) is 19.4 Å². The molecule has 9 heteroatoms. The number of aromatic nitrogens is 3. The van der Waals surface area contributed by atoms with E-state index in [0.717, 1.165) is 57.7 Å². The van der Waals surface area contributed by atoms with E-state index in [0.29, 0.717) is 19.9 Å². The number of likely N-dealkylation sites (tertiary alicyclic amines) is 1. The first kappa shape index (κ1) is 29.9. The summed E-state index contributed by atoms with van der Waals surface area (Å²) in [7, 11) is -0.679. The SMILES string of the molecule is CC(C)(C)OC(=O)N1CCC[C@H]1c1ncc(-c2ccc(-c3ccc4cc(O)ccc4c3)nc2)n1COCCS(C)(C)C. The Hall–Kier alpha value is -3.56. The van der Waals surface area contributed by atoms with Crippen molar-refractivity contribution in [3.63, 3.8) is 0 Å². The van der Waals surface area contributed by atoms with Crippen LogP contribution in [-0.2, 0) is 16.2 Å². The average Bonchev–Trinajstić information content (AvgIpc) is 3.57. The first-order valence-corrected chi connectivity index (χ1v) is 17.4. The molecular weight excluding hydrogens is 548 g/mol. The second kappa shape index (κ2) is 12.0. The third-order valence-electron chi connectivity index (χ3n) is 7.30. The van der Waals surface area contributed by atoms with E-state index in [1.54, 1.807) is 17.0 Å². The second-order valence-corrected chi connectivity index (χ2v) is 17.4. The molecule has 224 valence electrons. The number of pyridine rings is 1. The average molecular weight is 591 g/mol. The number of phenols is 1. The van der Waals surface area contributed by atoms with Crippen LogP contribution in [0.1, 0.15) is 45.5 Å². The van der Waals surface area contributed by atoms with Gasteiger partial charge >= 0.3 is 6.09 Å². The van der Waals surface area contributed by atoms with Gasteiger partial charge in [-0.1, -0.05) is 18.2 Å². The fourth-order valence-corrected chi connectivity index (χ4v) is 5.79. The van der Waals surface area contributed by atoms with Gasteiger partial charge in [0, 0.05) is 29.6 Å². The van der Waals surface area contributed by atoms with E-state index < -0.39 is 15.6 Å². The molecule has 1 N–H and O–H groups in total. The van der Waals surface area contributed by atoms with Gasteiger partial charge in [-0.2, -0.15) is 0 Å². The van der Waals surface area contributed by atoms with Crippen molar-refractivity contribution in [1.29, 1.82) is 0 Å². The van der Waals surface area contributed by atoms with Gasteiger partial charge in [-0.15, -0.1) is 0 Å². The summed E-state index contributed by atoms with van der Waals surface area (Å²) < 4.78 is 14.0. The van der Waals surface area contributed by atoms with Gasteiger partial charge in [0.15, 0.2) is 0 Å². The Labute approximate surface area is 250 Å². The molecule has 1 saturated heterocycles. The van der Waals surface area contributed by atoms with E-state index in [9.17, 15) is 9.90 Å².